The number of hydrogen-bond donors (Lipinski definition) is 2. The first-order valence-corrected chi connectivity index (χ1v) is 12.2. The Balaban J connectivity index is 1.95. The first-order valence-electron chi connectivity index (χ1n) is 10.3. The van der Waals surface area contributed by atoms with E-state index in [1.807, 2.05) is 0 Å². The van der Waals surface area contributed by atoms with Crippen LogP contribution in [-0.4, -0.2) is 55.0 Å². The normalized spacial score (nSPS) is 16.1. The highest BCUT2D eigenvalue weighted by Crippen LogP contribution is 2.40. The summed E-state index contributed by atoms with van der Waals surface area (Å²) in [4.78, 5) is 26.9. The average molecular weight is 552 g/mol. The van der Waals surface area contributed by atoms with Gasteiger partial charge in [0.25, 0.3) is 10.0 Å². The number of aliphatic carboxylic acids is 1. The van der Waals surface area contributed by atoms with Crippen LogP contribution in [0.5, 0.6) is 5.75 Å². The minimum absolute atomic E-state index is 0.00626. The number of rotatable bonds is 7. The van der Waals surface area contributed by atoms with Crippen molar-refractivity contribution in [1.82, 2.24) is 4.98 Å². The quantitative estimate of drug-likeness (QED) is 0.515. The van der Waals surface area contributed by atoms with Crippen LogP contribution in [0.3, 0.4) is 0 Å². The summed E-state index contributed by atoms with van der Waals surface area (Å²) in [5, 5.41) is 11.0. The monoisotopic (exact) mass is 551 g/mol. The lowest BCUT2D eigenvalue weighted by molar-refractivity contribution is -0.242. The number of nitrogens with zero attached hydrogens (tertiary/aromatic N) is 2. The molecule has 0 aliphatic carbocycles. The van der Waals surface area contributed by atoms with Crippen molar-refractivity contribution in [2.24, 2.45) is 0 Å². The molecule has 1 amide bonds. The van der Waals surface area contributed by atoms with Gasteiger partial charge in [0.05, 0.1) is 17.3 Å². The number of ether oxygens (including phenoxy) is 2. The second-order valence-electron chi connectivity index (χ2n) is 8.23. The highest BCUT2D eigenvalue weighted by molar-refractivity contribution is 7.92. The Morgan fingerprint density at radius 3 is 2.56 bits per heavy atom. The van der Waals surface area contributed by atoms with Crippen molar-refractivity contribution >= 4 is 45.1 Å². The molecule has 0 bridgehead atoms. The second kappa shape index (κ2) is 10.0. The summed E-state index contributed by atoms with van der Waals surface area (Å²) in [7, 11) is -4.31. The van der Waals surface area contributed by atoms with Crippen LogP contribution in [-0.2, 0) is 19.6 Å². The molecule has 1 atom stereocenters. The van der Waals surface area contributed by atoms with E-state index in [1.165, 1.54) is 30.3 Å². The smallest absolute Gasteiger partial charge is 0.427 e. The van der Waals surface area contributed by atoms with Crippen LogP contribution >= 0.6 is 11.6 Å². The van der Waals surface area contributed by atoms with E-state index in [0.29, 0.717) is 13.8 Å². The summed E-state index contributed by atoms with van der Waals surface area (Å²) < 4.78 is 77.0. The van der Waals surface area contributed by atoms with Crippen molar-refractivity contribution in [3.63, 3.8) is 0 Å². The fourth-order valence-electron chi connectivity index (χ4n) is 3.11. The third-order valence-corrected chi connectivity index (χ3v) is 7.02. The molecule has 15 heteroatoms. The number of amides is 1. The molecule has 1 unspecified atom stereocenters. The summed E-state index contributed by atoms with van der Waals surface area (Å²) in [5.41, 5.74) is -2.90. The summed E-state index contributed by atoms with van der Waals surface area (Å²) in [6.07, 6.45) is -6.22. The van der Waals surface area contributed by atoms with Gasteiger partial charge in [-0.2, -0.15) is 21.6 Å². The van der Waals surface area contributed by atoms with Crippen molar-refractivity contribution in [3.8, 4) is 5.75 Å². The van der Waals surface area contributed by atoms with Gasteiger partial charge in [-0.1, -0.05) is 11.6 Å². The first kappa shape index (κ1) is 27.3. The molecular weight excluding hydrogens is 531 g/mol. The lowest BCUT2D eigenvalue weighted by Gasteiger charge is -2.35. The largest absolute Gasteiger partial charge is 0.486 e. The van der Waals surface area contributed by atoms with Gasteiger partial charge in [-0.15, -0.1) is 0 Å². The van der Waals surface area contributed by atoms with E-state index >= 15 is 0 Å². The van der Waals surface area contributed by atoms with Gasteiger partial charge in [-0.05, 0) is 50.6 Å². The van der Waals surface area contributed by atoms with Crippen molar-refractivity contribution in [2.75, 3.05) is 16.2 Å². The van der Waals surface area contributed by atoms with Gasteiger partial charge < -0.3 is 14.6 Å². The molecule has 2 N–H and O–H groups in total. The van der Waals surface area contributed by atoms with Gasteiger partial charge in [0, 0.05) is 18.3 Å². The number of sulfonamides is 1. The highest BCUT2D eigenvalue weighted by atomic mass is 35.5. The van der Waals surface area contributed by atoms with Crippen LogP contribution < -0.4 is 14.4 Å². The molecule has 196 valence electrons. The lowest BCUT2D eigenvalue weighted by Crippen LogP contribution is -2.44. The zero-order valence-electron chi connectivity index (χ0n) is 18.9. The summed E-state index contributed by atoms with van der Waals surface area (Å²) in [5.74, 6) is -1.05. The maximum absolute atomic E-state index is 13.4. The van der Waals surface area contributed by atoms with E-state index < -0.39 is 40.0 Å². The minimum atomic E-state index is -4.82. The van der Waals surface area contributed by atoms with Crippen LogP contribution in [0.25, 0.3) is 0 Å². The number of nitrogens with one attached hydrogen (secondary N) is 1. The molecular formula is C21H21ClF3N3O7S. The maximum atomic E-state index is 13.4. The Labute approximate surface area is 209 Å². The predicted octanol–water partition coefficient (Wildman–Crippen LogP) is 4.45. The first-order chi connectivity index (χ1) is 16.6. The van der Waals surface area contributed by atoms with Crippen LogP contribution in [0.2, 0.25) is 5.02 Å². The van der Waals surface area contributed by atoms with Gasteiger partial charge in [-0.3, -0.25) is 14.4 Å². The number of carboxylic acid groups (broad SMARTS) is 1. The van der Waals surface area contributed by atoms with Crippen molar-refractivity contribution in [2.45, 2.75) is 49.6 Å². The molecule has 1 aromatic carbocycles. The fraction of sp³-hybridized carbons (Fsp3) is 0.381. The average Bonchev–Trinajstić information content (AvgIpc) is 2.76. The summed E-state index contributed by atoms with van der Waals surface area (Å²) in [6, 6.07) is 6.24. The highest BCUT2D eigenvalue weighted by Gasteiger charge is 2.51. The molecule has 0 saturated heterocycles. The Hall–Kier alpha value is -3.26. The number of carbonyl (C=O) groups is 2. The molecule has 2 heterocycles. The van der Waals surface area contributed by atoms with E-state index in [2.05, 4.69) is 15.0 Å². The van der Waals surface area contributed by atoms with Crippen molar-refractivity contribution < 1.29 is 45.8 Å². The van der Waals surface area contributed by atoms with E-state index in [1.54, 1.807) is 0 Å². The van der Waals surface area contributed by atoms with Crippen LogP contribution in [0.4, 0.5) is 29.3 Å². The number of hydrogen-bond acceptors (Lipinski definition) is 7. The van der Waals surface area contributed by atoms with Gasteiger partial charge >= 0.3 is 18.2 Å². The number of carboxylic acids is 1. The van der Waals surface area contributed by atoms with E-state index in [4.69, 9.17) is 21.4 Å². The molecule has 0 saturated carbocycles. The van der Waals surface area contributed by atoms with Gasteiger partial charge in [-0.25, -0.2) is 9.78 Å². The Kier molecular flexibility index (Phi) is 7.60. The third-order valence-electron chi connectivity index (χ3n) is 5.10. The molecule has 2 aromatic rings. The second-order valence-corrected chi connectivity index (χ2v) is 10.5. The Bertz CT molecular complexity index is 1250. The number of halogens is 4. The van der Waals surface area contributed by atoms with Crippen molar-refractivity contribution in [1.29, 1.82) is 0 Å². The number of fused-ring (bicyclic) bond motifs is 1. The molecule has 0 spiro atoms. The molecule has 0 fully saturated rings. The van der Waals surface area contributed by atoms with E-state index in [9.17, 15) is 31.2 Å². The molecule has 0 radical (unpaired) electrons. The van der Waals surface area contributed by atoms with Crippen molar-refractivity contribution in [3.05, 3.63) is 41.6 Å². The SMILES string of the molecule is CC(C)(OC(=O)Nc1ccc2c(c1)N(S(=O)(=O)c1ccc(Cl)cn1)CC(CCC(=O)O)O2)C(F)(F)F. The van der Waals surface area contributed by atoms with Crippen LogP contribution in [0.1, 0.15) is 26.7 Å². The molecule has 1 aliphatic heterocycles. The van der Waals surface area contributed by atoms with E-state index in [-0.39, 0.29) is 46.6 Å². The molecule has 1 aromatic heterocycles. The van der Waals surface area contributed by atoms with Gasteiger partial charge in [0.1, 0.15) is 11.9 Å². The Morgan fingerprint density at radius 2 is 1.97 bits per heavy atom. The zero-order valence-corrected chi connectivity index (χ0v) is 20.4. The number of aromatic nitrogens is 1. The number of alkyl halides is 3. The zero-order chi connectivity index (χ0) is 26.9. The van der Waals surface area contributed by atoms with Crippen LogP contribution in [0, 0.1) is 0 Å². The Morgan fingerprint density at radius 1 is 1.28 bits per heavy atom. The molecule has 10 nitrogen and oxygen atoms in total. The summed E-state index contributed by atoms with van der Waals surface area (Å²) in [6.45, 7) is 1.07. The topological polar surface area (TPSA) is 135 Å². The van der Waals surface area contributed by atoms with Gasteiger partial charge in [0.15, 0.2) is 5.03 Å². The maximum Gasteiger partial charge on any atom is 0.427 e. The molecule has 36 heavy (non-hydrogen) atoms. The predicted molar refractivity (Wildman–Crippen MR) is 122 cm³/mol. The van der Waals surface area contributed by atoms with Crippen LogP contribution in [0.15, 0.2) is 41.6 Å². The lowest BCUT2D eigenvalue weighted by atomic mass is 10.1. The standard InChI is InChI=1S/C21H21ClF3N3O7S/c1-20(2,21(23,24)25)35-19(31)27-13-4-6-16-15(9-13)28(11-14(34-16)5-8-18(29)30)36(32,33)17-7-3-12(22)10-26-17/h3-4,6-7,9-10,14H,5,8,11H2,1-2H3,(H,27,31)(H,29,30). The van der Waals surface area contributed by atoms with E-state index in [0.717, 1.165) is 10.5 Å². The molecule has 3 rings (SSSR count). The number of carbonyl (C=O) groups excluding carboxylic acids is 1. The molecule has 1 aliphatic rings. The summed E-state index contributed by atoms with van der Waals surface area (Å²) >= 11 is 5.80. The number of anilines is 2. The minimum Gasteiger partial charge on any atom is -0.486 e. The number of benzene rings is 1. The third kappa shape index (κ3) is 6.10. The van der Waals surface area contributed by atoms with Gasteiger partial charge in [0.2, 0.25) is 5.60 Å². The number of pyridine rings is 1. The fourth-order valence-corrected chi connectivity index (χ4v) is 4.64.